The Balaban J connectivity index is 0.000000197. The molecule has 2 bridgehead atoms. The van der Waals surface area contributed by atoms with Crippen molar-refractivity contribution in [3.63, 3.8) is 0 Å². The summed E-state index contributed by atoms with van der Waals surface area (Å²) in [5, 5.41) is 61.5. The smallest absolute Gasteiger partial charge is 0.335 e. The summed E-state index contributed by atoms with van der Waals surface area (Å²) in [5.74, 6) is 1.33. The first kappa shape index (κ1) is 31.2. The maximum Gasteiger partial charge on any atom is 0.335 e. The largest absolute Gasteiger partial charge is 0.493 e. The lowest BCUT2D eigenvalue weighted by Gasteiger charge is -2.50. The van der Waals surface area contributed by atoms with Crippen molar-refractivity contribution in [3.8, 4) is 11.5 Å². The number of carbonyl (C=O) groups is 2. The number of piperidine rings is 3. The Labute approximate surface area is 253 Å². The van der Waals surface area contributed by atoms with Crippen molar-refractivity contribution in [2.24, 2.45) is 17.8 Å². The highest BCUT2D eigenvalue weighted by molar-refractivity contribution is 6.00. The number of nitrogens with zero attached hydrogens (tertiary/aromatic N) is 2. The van der Waals surface area contributed by atoms with Gasteiger partial charge in [-0.25, -0.2) is 4.79 Å². The molecule has 1 saturated carbocycles. The third kappa shape index (κ3) is 4.46. The third-order valence-corrected chi connectivity index (χ3v) is 10.7. The number of aliphatic carboxylic acids is 1. The molecule has 3 saturated heterocycles. The molecule has 12 atom stereocenters. The van der Waals surface area contributed by atoms with E-state index in [-0.39, 0.29) is 23.5 Å². The van der Waals surface area contributed by atoms with Gasteiger partial charge in [0.15, 0.2) is 17.6 Å². The number of methoxy groups -OCH3 is 2. The van der Waals surface area contributed by atoms with E-state index >= 15 is 0 Å². The quantitative estimate of drug-likeness (QED) is 0.155. The Kier molecular flexibility index (Phi) is 8.16. The molecule has 1 aromatic rings. The molecule has 4 fully saturated rings. The minimum atomic E-state index is -2.29. The number of carboxylic acids is 1. The van der Waals surface area contributed by atoms with Gasteiger partial charge in [-0.3, -0.25) is 9.69 Å². The molecule has 242 valence electrons. The number of ether oxygens (including phenoxy) is 3. The highest BCUT2D eigenvalue weighted by Crippen LogP contribution is 2.69. The first-order valence-corrected chi connectivity index (χ1v) is 14.9. The standard InChI is InChI=1S/C23H26N2O4.C7H14O8/c1-27-16-7-13-15(8-17(16)28-2)25-19(26)9-18-21-20-12(3-6-29-18)10-24-5-4-23(13,22(21)25)14(20)11-24;8-1-2(9)3(10)4(11)5(12)6(13)7(14)15/h3,7-8,14,18,20-22H,4-6,9-11H2,1-2H3;2-6,8-13H,1H2,(H,14,15). The Morgan fingerprint density at radius 3 is 2.45 bits per heavy atom. The molecule has 1 spiro atoms. The van der Waals surface area contributed by atoms with Crippen LogP contribution in [0.2, 0.25) is 0 Å². The van der Waals surface area contributed by atoms with Crippen LogP contribution in [0.1, 0.15) is 18.4 Å². The van der Waals surface area contributed by atoms with E-state index in [9.17, 15) is 9.59 Å². The molecule has 1 aliphatic carbocycles. The van der Waals surface area contributed by atoms with Gasteiger partial charge in [0.1, 0.15) is 24.4 Å². The maximum atomic E-state index is 13.4. The SMILES string of the molecule is COc1cc2c(cc1OC)C13CCN4CC5=CCOC6CC(=O)N2C1C6C5C3C4.O=C(O)C(O)C(O)C(O)C(O)C(O)CO. The van der Waals surface area contributed by atoms with Crippen molar-refractivity contribution in [1.29, 1.82) is 0 Å². The number of carboxylic acid groups (broad SMARTS) is 1. The topological polar surface area (TPSA) is 210 Å². The van der Waals surface area contributed by atoms with Crippen LogP contribution in [0.5, 0.6) is 11.5 Å². The minimum absolute atomic E-state index is 0.00470. The lowest BCUT2D eigenvalue weighted by atomic mass is 9.63. The van der Waals surface area contributed by atoms with Crippen LogP contribution in [0.25, 0.3) is 0 Å². The summed E-state index contributed by atoms with van der Waals surface area (Å²) < 4.78 is 17.6. The summed E-state index contributed by atoms with van der Waals surface area (Å²) in [6, 6.07) is 4.41. The number of hydrogen-bond acceptors (Lipinski definition) is 12. The highest BCUT2D eigenvalue weighted by Gasteiger charge is 2.73. The van der Waals surface area contributed by atoms with Crippen molar-refractivity contribution >= 4 is 17.6 Å². The summed E-state index contributed by atoms with van der Waals surface area (Å²) >= 11 is 0. The predicted molar refractivity (Wildman–Crippen MR) is 151 cm³/mol. The van der Waals surface area contributed by atoms with Gasteiger partial charge < -0.3 is 54.9 Å². The lowest BCUT2D eigenvalue weighted by Crippen LogP contribution is -2.58. The van der Waals surface area contributed by atoms with Crippen molar-refractivity contribution in [3.05, 3.63) is 29.3 Å². The van der Waals surface area contributed by atoms with Gasteiger partial charge in [0, 0.05) is 30.5 Å². The average Bonchev–Trinajstić information content (AvgIpc) is 3.42. The van der Waals surface area contributed by atoms with E-state index in [2.05, 4.69) is 21.9 Å². The van der Waals surface area contributed by atoms with Crippen molar-refractivity contribution in [1.82, 2.24) is 4.90 Å². The summed E-state index contributed by atoms with van der Waals surface area (Å²) in [5.41, 5.74) is 3.89. The summed E-state index contributed by atoms with van der Waals surface area (Å²) in [7, 11) is 3.36. The zero-order valence-corrected chi connectivity index (χ0v) is 24.5. The van der Waals surface area contributed by atoms with Crippen molar-refractivity contribution in [2.45, 2.75) is 60.9 Å². The zero-order chi connectivity index (χ0) is 31.7. The molecule has 0 radical (unpaired) electrons. The second-order valence-corrected chi connectivity index (χ2v) is 12.5. The number of hydrogen-bond donors (Lipinski definition) is 7. The predicted octanol–water partition coefficient (Wildman–Crippen LogP) is -2.16. The molecule has 0 aromatic heterocycles. The Hall–Kier alpha value is -2.82. The maximum absolute atomic E-state index is 13.4. The molecule has 7 N–H and O–H groups in total. The highest BCUT2D eigenvalue weighted by atomic mass is 16.5. The van der Waals surface area contributed by atoms with E-state index in [4.69, 9.17) is 50.0 Å². The fourth-order valence-electron chi connectivity index (χ4n) is 8.82. The van der Waals surface area contributed by atoms with Crippen LogP contribution >= 0.6 is 0 Å². The molecule has 1 aromatic carbocycles. The van der Waals surface area contributed by atoms with Gasteiger partial charge in [0.25, 0.3) is 0 Å². The molecule has 5 heterocycles. The van der Waals surface area contributed by atoms with Crippen LogP contribution in [-0.4, -0.2) is 142 Å². The molecule has 7 rings (SSSR count). The van der Waals surface area contributed by atoms with Crippen LogP contribution in [0.3, 0.4) is 0 Å². The van der Waals surface area contributed by atoms with Gasteiger partial charge in [0.05, 0.1) is 51.7 Å². The number of anilines is 1. The Bertz CT molecular complexity index is 1340. The van der Waals surface area contributed by atoms with E-state index < -0.39 is 43.1 Å². The Morgan fingerprint density at radius 1 is 1.09 bits per heavy atom. The molecule has 6 aliphatic rings. The van der Waals surface area contributed by atoms with E-state index in [0.717, 1.165) is 37.5 Å². The second kappa shape index (κ2) is 11.5. The number of benzene rings is 1. The first-order valence-electron chi connectivity index (χ1n) is 14.9. The van der Waals surface area contributed by atoms with E-state index in [0.29, 0.717) is 36.5 Å². The average molecular weight is 621 g/mol. The fraction of sp³-hybridized carbons (Fsp3) is 0.667. The molecule has 44 heavy (non-hydrogen) atoms. The normalized spacial score (nSPS) is 35.6. The number of rotatable bonds is 8. The molecule has 12 unspecified atom stereocenters. The lowest BCUT2D eigenvalue weighted by molar-refractivity contribution is -0.169. The second-order valence-electron chi connectivity index (χ2n) is 12.5. The van der Waals surface area contributed by atoms with Gasteiger partial charge in [-0.1, -0.05) is 11.6 Å². The van der Waals surface area contributed by atoms with Crippen LogP contribution in [0.4, 0.5) is 5.69 Å². The van der Waals surface area contributed by atoms with E-state index in [1.807, 2.05) is 6.07 Å². The van der Waals surface area contributed by atoms with Crippen molar-refractivity contribution < 1.29 is 59.5 Å². The molecule has 14 nitrogen and oxygen atoms in total. The van der Waals surface area contributed by atoms with Gasteiger partial charge in [-0.2, -0.15) is 0 Å². The first-order chi connectivity index (χ1) is 21.0. The number of aliphatic hydroxyl groups is 6. The number of carbonyl (C=O) groups excluding carboxylic acids is 1. The molecular formula is C30H40N2O12. The van der Waals surface area contributed by atoms with E-state index in [1.54, 1.807) is 19.8 Å². The van der Waals surface area contributed by atoms with E-state index in [1.165, 1.54) is 5.56 Å². The number of fused-ring (bicyclic) bond motifs is 3. The summed E-state index contributed by atoms with van der Waals surface area (Å²) in [6.45, 7) is 3.05. The van der Waals surface area contributed by atoms with Crippen LogP contribution in [0.15, 0.2) is 23.8 Å². The monoisotopic (exact) mass is 620 g/mol. The van der Waals surface area contributed by atoms with Crippen LogP contribution in [-0.2, 0) is 19.7 Å². The van der Waals surface area contributed by atoms with Crippen molar-refractivity contribution in [2.75, 3.05) is 52.0 Å². The number of amides is 1. The minimum Gasteiger partial charge on any atom is -0.493 e. The fourth-order valence-corrected chi connectivity index (χ4v) is 8.82. The molecular weight excluding hydrogens is 580 g/mol. The molecule has 1 amide bonds. The third-order valence-electron chi connectivity index (χ3n) is 10.7. The summed E-state index contributed by atoms with van der Waals surface area (Å²) in [4.78, 5) is 28.4. The van der Waals surface area contributed by atoms with Gasteiger partial charge in [-0.15, -0.1) is 0 Å². The van der Waals surface area contributed by atoms with Gasteiger partial charge >= 0.3 is 5.97 Å². The summed E-state index contributed by atoms with van der Waals surface area (Å²) in [6.07, 6.45) is -6.30. The van der Waals surface area contributed by atoms with Gasteiger partial charge in [-0.05, 0) is 36.4 Å². The number of aliphatic hydroxyl groups excluding tert-OH is 6. The zero-order valence-electron chi connectivity index (χ0n) is 24.5. The Morgan fingerprint density at radius 2 is 1.80 bits per heavy atom. The van der Waals surface area contributed by atoms with Crippen LogP contribution in [0, 0.1) is 17.8 Å². The van der Waals surface area contributed by atoms with Gasteiger partial charge in [0.2, 0.25) is 5.91 Å². The molecule has 14 heteroatoms. The molecule has 5 aliphatic heterocycles. The van der Waals surface area contributed by atoms with Crippen LogP contribution < -0.4 is 14.4 Å².